The van der Waals surface area contributed by atoms with Gasteiger partial charge in [-0.1, -0.05) is 32.0 Å². The molecule has 322 valence electrons. The molecule has 5 rings (SSSR count). The summed E-state index contributed by atoms with van der Waals surface area (Å²) in [6, 6.07) is -5.58. The van der Waals surface area contributed by atoms with E-state index in [9.17, 15) is 63.9 Å². The van der Waals surface area contributed by atoms with Crippen molar-refractivity contribution in [1.82, 2.24) is 41.8 Å². The number of aromatic amines is 1. The van der Waals surface area contributed by atoms with Crippen molar-refractivity contribution in [2.75, 3.05) is 18.9 Å². The number of nitrogens with one attached hydrogen (secondary N) is 7. The number of carbonyl (C=O) groups is 8. The van der Waals surface area contributed by atoms with Crippen LogP contribution in [0.2, 0.25) is 0 Å². The largest absolute Gasteiger partial charge is 0.479 e. The third-order valence-corrected chi connectivity index (χ3v) is 11.6. The first-order valence-electron chi connectivity index (χ1n) is 19.0. The second-order valence-corrected chi connectivity index (χ2v) is 16.7. The molecule has 12 N–H and O–H groups in total. The number of thioether (sulfide) groups is 1. The van der Waals surface area contributed by atoms with Gasteiger partial charge in [0, 0.05) is 42.5 Å². The van der Waals surface area contributed by atoms with Crippen molar-refractivity contribution in [1.29, 1.82) is 0 Å². The lowest BCUT2D eigenvalue weighted by molar-refractivity contribution is -0.152. The van der Waals surface area contributed by atoms with Crippen LogP contribution in [0.25, 0.3) is 10.9 Å². The van der Waals surface area contributed by atoms with Gasteiger partial charge in [-0.05, 0) is 31.4 Å². The van der Waals surface area contributed by atoms with Crippen molar-refractivity contribution in [2.45, 2.75) is 112 Å². The summed E-state index contributed by atoms with van der Waals surface area (Å²) in [7, 11) is 0. The number of amides is 7. The Labute approximate surface area is 341 Å². The van der Waals surface area contributed by atoms with E-state index in [-0.39, 0.29) is 25.1 Å². The summed E-state index contributed by atoms with van der Waals surface area (Å²) < 4.78 is 0. The average Bonchev–Trinajstić information content (AvgIpc) is 3.75. The smallest absolute Gasteiger partial charge is 0.335 e. The number of carbonyl (C=O) groups excluding carboxylic acids is 7. The molecule has 0 aliphatic carbocycles. The van der Waals surface area contributed by atoms with E-state index in [4.69, 9.17) is 0 Å². The van der Waals surface area contributed by atoms with E-state index in [0.29, 0.717) is 21.5 Å². The lowest BCUT2D eigenvalue weighted by Gasteiger charge is -2.31. The van der Waals surface area contributed by atoms with Crippen LogP contribution in [0, 0.1) is 5.92 Å². The number of aliphatic hydroxyl groups is 4. The highest BCUT2D eigenvalue weighted by molar-refractivity contribution is 7.99. The lowest BCUT2D eigenvalue weighted by Crippen LogP contribution is -2.63. The molecule has 2 aromatic rings. The number of carboxylic acids is 1. The van der Waals surface area contributed by atoms with Crippen LogP contribution in [0.3, 0.4) is 0 Å². The predicted molar refractivity (Wildman–Crippen MR) is 207 cm³/mol. The maximum Gasteiger partial charge on any atom is 0.335 e. The van der Waals surface area contributed by atoms with Crippen LogP contribution in [0.15, 0.2) is 29.3 Å². The molecular formula is C37H50N8O13S. The van der Waals surface area contributed by atoms with E-state index < -0.39 is 126 Å². The maximum atomic E-state index is 14.5. The zero-order chi connectivity index (χ0) is 43.5. The van der Waals surface area contributed by atoms with E-state index in [1.807, 2.05) is 0 Å². The number of para-hydroxylation sites is 1. The molecular weight excluding hydrogens is 797 g/mol. The monoisotopic (exact) mass is 846 g/mol. The van der Waals surface area contributed by atoms with Crippen molar-refractivity contribution >= 4 is 70.0 Å². The topological polar surface area (TPSA) is 329 Å². The predicted octanol–water partition coefficient (Wildman–Crippen LogP) is -3.41. The number of carboxylic acid groups (broad SMARTS) is 1. The van der Waals surface area contributed by atoms with Crippen LogP contribution in [0.1, 0.15) is 46.1 Å². The van der Waals surface area contributed by atoms with Crippen LogP contribution in [0.5, 0.6) is 0 Å². The quantitative estimate of drug-likeness (QED) is 0.135. The Morgan fingerprint density at radius 3 is 2.24 bits per heavy atom. The number of aromatic nitrogens is 1. The molecule has 0 radical (unpaired) electrons. The Bertz CT molecular complexity index is 1990. The molecule has 0 saturated carbocycles. The minimum Gasteiger partial charge on any atom is -0.479 e. The van der Waals surface area contributed by atoms with E-state index in [1.54, 1.807) is 24.3 Å². The summed E-state index contributed by atoms with van der Waals surface area (Å²) >= 11 is 0.942. The summed E-state index contributed by atoms with van der Waals surface area (Å²) in [6.07, 6.45) is -4.94. The highest BCUT2D eigenvalue weighted by atomic mass is 32.2. The Morgan fingerprint density at radius 1 is 0.898 bits per heavy atom. The average molecular weight is 847 g/mol. The minimum atomic E-state index is -2.58. The van der Waals surface area contributed by atoms with Gasteiger partial charge in [-0.2, -0.15) is 0 Å². The van der Waals surface area contributed by atoms with Gasteiger partial charge < -0.3 is 67.3 Å². The number of hydrogen-bond donors (Lipinski definition) is 12. The molecule has 1 aromatic heterocycles. The molecule has 10 atom stereocenters. The molecule has 1 fully saturated rings. The van der Waals surface area contributed by atoms with E-state index in [0.717, 1.165) is 16.7 Å². The van der Waals surface area contributed by atoms with E-state index >= 15 is 0 Å². The molecule has 59 heavy (non-hydrogen) atoms. The Morgan fingerprint density at radius 2 is 1.58 bits per heavy atom. The minimum absolute atomic E-state index is 0.266. The van der Waals surface area contributed by atoms with Crippen molar-refractivity contribution in [2.24, 2.45) is 5.92 Å². The number of hydrogen-bond acceptors (Lipinski definition) is 13. The standard InChI is InChI=1S/C37H50N8O13S/c1-15(2)25-33(54)44-26(28(49)35(55)56)27(48)23-13-59-34-19(18-7-5-6-8-20(18)41-34)10-21(30(51)40-22(31(52)43-25)11-37(4,58)14-46)39-29(50)16(3)38-32(53)24-9-17(47)12-45(24)36(57)42-23/h5-8,15-17,21-26,28,41,46-47,49,58H,9-14H2,1-4H3,(H,38,53)(H,39,50)(H,40,51)(H,42,57)(H,43,52)(H,44,54)(H,55,56)/t16-,17-,21-,22-,23-,24+,25-,26?,28?,37?/m1/s1. The van der Waals surface area contributed by atoms with E-state index in [2.05, 4.69) is 36.9 Å². The van der Waals surface area contributed by atoms with Crippen LogP contribution < -0.4 is 31.9 Å². The molecule has 1 aromatic carbocycles. The first-order valence-corrected chi connectivity index (χ1v) is 20.0. The highest BCUT2D eigenvalue weighted by Crippen LogP contribution is 2.32. The van der Waals surface area contributed by atoms with Crippen molar-refractivity contribution in [3.63, 3.8) is 0 Å². The highest BCUT2D eigenvalue weighted by Gasteiger charge is 2.45. The molecule has 22 heteroatoms. The van der Waals surface area contributed by atoms with Gasteiger partial charge in [0.2, 0.25) is 29.5 Å². The van der Waals surface area contributed by atoms with Crippen LogP contribution in [-0.4, -0.2) is 162 Å². The number of nitrogens with zero attached hydrogens (tertiary/aromatic N) is 1. The maximum absolute atomic E-state index is 14.5. The molecule has 3 aliphatic heterocycles. The normalized spacial score (nSPS) is 29.5. The summed E-state index contributed by atoms with van der Waals surface area (Å²) in [4.78, 5) is 115. The zero-order valence-electron chi connectivity index (χ0n) is 32.7. The molecule has 7 amide bonds. The number of rotatable bonds is 6. The van der Waals surface area contributed by atoms with Crippen LogP contribution in [-0.2, 0) is 40.0 Å². The van der Waals surface area contributed by atoms with Gasteiger partial charge in [0.15, 0.2) is 11.9 Å². The fourth-order valence-corrected chi connectivity index (χ4v) is 8.28. The molecule has 3 unspecified atom stereocenters. The Balaban J connectivity index is 1.74. The third-order valence-electron chi connectivity index (χ3n) is 10.5. The van der Waals surface area contributed by atoms with Gasteiger partial charge in [0.1, 0.15) is 42.3 Å². The first-order chi connectivity index (χ1) is 27.7. The molecule has 21 nitrogen and oxygen atoms in total. The Kier molecular flexibility index (Phi) is 13.9. The van der Waals surface area contributed by atoms with Gasteiger partial charge in [-0.3, -0.25) is 28.8 Å². The summed E-state index contributed by atoms with van der Waals surface area (Å²) in [6.45, 7) is 4.25. The lowest BCUT2D eigenvalue weighted by atomic mass is 9.95. The number of benzene rings is 1. The summed E-state index contributed by atoms with van der Waals surface area (Å²) in [5, 5.41) is 67.8. The molecule has 1 saturated heterocycles. The van der Waals surface area contributed by atoms with Gasteiger partial charge in [0.05, 0.1) is 23.3 Å². The second kappa shape index (κ2) is 18.3. The fraction of sp³-hybridized carbons (Fsp3) is 0.568. The van der Waals surface area contributed by atoms with Crippen LogP contribution >= 0.6 is 11.8 Å². The number of aliphatic carboxylic acids is 1. The zero-order valence-corrected chi connectivity index (χ0v) is 33.5. The number of aliphatic hydroxyl groups excluding tert-OH is 3. The number of urea groups is 1. The van der Waals surface area contributed by atoms with Crippen molar-refractivity contribution in [3.8, 4) is 0 Å². The number of ketones is 1. The molecule has 2 bridgehead atoms. The van der Waals surface area contributed by atoms with Gasteiger partial charge in [-0.25, -0.2) is 9.59 Å². The van der Waals surface area contributed by atoms with Gasteiger partial charge >= 0.3 is 12.0 Å². The molecule has 0 spiro atoms. The molecule has 3 aliphatic rings. The summed E-state index contributed by atoms with van der Waals surface area (Å²) in [5.74, 6) is -9.14. The summed E-state index contributed by atoms with van der Waals surface area (Å²) in [5.41, 5.74) is -1.01. The van der Waals surface area contributed by atoms with Gasteiger partial charge in [0.25, 0.3) is 0 Å². The molecule has 4 heterocycles. The third kappa shape index (κ3) is 10.3. The number of Topliss-reactive ketones (excluding diaryl/α,β-unsaturated/α-hetero) is 1. The number of H-pyrrole nitrogens is 1. The first kappa shape index (κ1) is 44.8. The Hall–Kier alpha value is -5.29. The SMILES string of the molecule is CC(C)[C@H]1NC(=O)[C@@H](CC(C)(O)CO)NC(=O)[C@H]2Cc3c([nH]c4ccccc34)SC[C@@H](NC(=O)N3C[C@H](O)C[C@H]3C(=O)N[C@H](C)C(=O)N2)C(=O)C(C(O)C(=O)O)NC1=O. The van der Waals surface area contributed by atoms with Crippen LogP contribution in [0.4, 0.5) is 4.79 Å². The van der Waals surface area contributed by atoms with Crippen molar-refractivity contribution in [3.05, 3.63) is 29.8 Å². The number of fused-ring (bicyclic) bond motifs is 5. The van der Waals surface area contributed by atoms with E-state index in [1.165, 1.54) is 27.7 Å². The second-order valence-electron chi connectivity index (χ2n) is 15.7. The van der Waals surface area contributed by atoms with Gasteiger partial charge in [-0.15, -0.1) is 11.8 Å². The fourth-order valence-electron chi connectivity index (χ4n) is 7.15. The van der Waals surface area contributed by atoms with Crippen molar-refractivity contribution < 1.29 is 63.9 Å².